The first kappa shape index (κ1) is 15.3. The summed E-state index contributed by atoms with van der Waals surface area (Å²) >= 11 is 12.5. The smallest absolute Gasteiger partial charge is 0.0506 e. The Morgan fingerprint density at radius 2 is 1.10 bits per heavy atom. The Balaban J connectivity index is 2.34. The van der Waals surface area contributed by atoms with E-state index < -0.39 is 12.1 Å². The first-order chi connectivity index (χ1) is 9.40. The highest BCUT2D eigenvalue weighted by Gasteiger charge is 2.21. The number of hydrogen-bond acceptors (Lipinski definition) is 2. The fraction of sp³-hybridized carbons (Fsp3) is 0.250. The van der Waals surface area contributed by atoms with Gasteiger partial charge >= 0.3 is 0 Å². The van der Waals surface area contributed by atoms with Gasteiger partial charge in [0.2, 0.25) is 0 Å². The lowest BCUT2D eigenvalue weighted by atomic mass is 9.93. The Morgan fingerprint density at radius 1 is 0.750 bits per heavy atom. The van der Waals surface area contributed by atoms with Gasteiger partial charge in [-0.3, -0.25) is 0 Å². The highest BCUT2D eigenvalue weighted by Crippen LogP contribution is 2.33. The first-order valence-electron chi connectivity index (χ1n) is 6.43. The predicted octanol–water partition coefficient (Wildman–Crippen LogP) is 4.31. The van der Waals surface area contributed by atoms with Gasteiger partial charge < -0.3 is 11.5 Å². The molecule has 0 aliphatic heterocycles. The van der Waals surface area contributed by atoms with Crippen molar-refractivity contribution in [1.82, 2.24) is 0 Å². The Bertz CT molecular complexity index is 570. The molecule has 0 saturated heterocycles. The molecule has 20 heavy (non-hydrogen) atoms. The number of benzene rings is 2. The van der Waals surface area contributed by atoms with Crippen molar-refractivity contribution in [3.63, 3.8) is 0 Å². The third-order valence-corrected chi connectivity index (χ3v) is 4.07. The zero-order valence-corrected chi connectivity index (χ0v) is 13.0. The van der Waals surface area contributed by atoms with Crippen LogP contribution in [0.4, 0.5) is 0 Å². The molecule has 2 rings (SSSR count). The van der Waals surface area contributed by atoms with Crippen molar-refractivity contribution in [1.29, 1.82) is 0 Å². The highest BCUT2D eigenvalue weighted by molar-refractivity contribution is 6.32. The molecule has 0 amide bonds. The van der Waals surface area contributed by atoms with E-state index in [2.05, 4.69) is 0 Å². The molecule has 4 N–H and O–H groups in total. The van der Waals surface area contributed by atoms with Crippen molar-refractivity contribution in [3.05, 3.63) is 68.7 Å². The third-order valence-electron chi connectivity index (χ3n) is 3.42. The summed E-state index contributed by atoms with van der Waals surface area (Å²) in [6, 6.07) is 10.8. The summed E-state index contributed by atoms with van der Waals surface area (Å²) in [6.07, 6.45) is 0. The van der Waals surface area contributed by atoms with Crippen molar-refractivity contribution >= 4 is 23.2 Å². The van der Waals surface area contributed by atoms with Crippen molar-refractivity contribution in [3.8, 4) is 0 Å². The fourth-order valence-corrected chi connectivity index (χ4v) is 2.91. The van der Waals surface area contributed by atoms with Crippen LogP contribution in [0.3, 0.4) is 0 Å². The lowest BCUT2D eigenvalue weighted by Crippen LogP contribution is -2.27. The van der Waals surface area contributed by atoms with Crippen LogP contribution in [0.25, 0.3) is 0 Å². The quantitative estimate of drug-likeness (QED) is 0.887. The van der Waals surface area contributed by atoms with Gasteiger partial charge in [0.25, 0.3) is 0 Å². The minimum atomic E-state index is -0.400. The fourth-order valence-electron chi connectivity index (χ4n) is 2.19. The van der Waals surface area contributed by atoms with Crippen LogP contribution in [0.2, 0.25) is 10.0 Å². The van der Waals surface area contributed by atoms with Crippen LogP contribution in [0.15, 0.2) is 36.4 Å². The van der Waals surface area contributed by atoms with Crippen LogP contribution >= 0.6 is 23.2 Å². The lowest BCUT2D eigenvalue weighted by Gasteiger charge is -2.23. The van der Waals surface area contributed by atoms with Crippen LogP contribution in [0.1, 0.15) is 34.3 Å². The molecule has 4 heteroatoms. The van der Waals surface area contributed by atoms with E-state index in [-0.39, 0.29) is 0 Å². The van der Waals surface area contributed by atoms with E-state index >= 15 is 0 Å². The molecule has 2 nitrogen and oxygen atoms in total. The zero-order valence-electron chi connectivity index (χ0n) is 11.5. The van der Waals surface area contributed by atoms with Crippen LogP contribution in [-0.4, -0.2) is 0 Å². The molecule has 2 unspecified atom stereocenters. The molecule has 2 aromatic carbocycles. The molecule has 2 aromatic rings. The van der Waals surface area contributed by atoms with Gasteiger partial charge in [-0.25, -0.2) is 0 Å². The molecule has 0 aliphatic rings. The highest BCUT2D eigenvalue weighted by atomic mass is 35.5. The minimum Gasteiger partial charge on any atom is -0.322 e. The van der Waals surface area contributed by atoms with E-state index in [0.717, 1.165) is 22.3 Å². The minimum absolute atomic E-state index is 0.400. The molecular formula is C16H18Cl2N2. The Morgan fingerprint density at radius 3 is 1.40 bits per heavy atom. The number of rotatable bonds is 3. The molecule has 0 spiro atoms. The normalized spacial score (nSPS) is 14.1. The second kappa shape index (κ2) is 6.15. The number of hydrogen-bond donors (Lipinski definition) is 2. The second-order valence-corrected chi connectivity index (χ2v) is 5.92. The summed E-state index contributed by atoms with van der Waals surface area (Å²) in [5.74, 6) is 0. The van der Waals surface area contributed by atoms with Gasteiger partial charge in [0.15, 0.2) is 0 Å². The summed E-state index contributed by atoms with van der Waals surface area (Å²) in [4.78, 5) is 0. The number of nitrogens with two attached hydrogens (primary N) is 2. The monoisotopic (exact) mass is 308 g/mol. The van der Waals surface area contributed by atoms with Crippen molar-refractivity contribution in [2.75, 3.05) is 0 Å². The van der Waals surface area contributed by atoms with E-state index in [1.165, 1.54) is 0 Å². The molecule has 2 atom stereocenters. The van der Waals surface area contributed by atoms with E-state index in [9.17, 15) is 0 Å². The van der Waals surface area contributed by atoms with Crippen LogP contribution in [0, 0.1) is 13.8 Å². The second-order valence-electron chi connectivity index (χ2n) is 5.10. The molecule has 0 bridgehead atoms. The van der Waals surface area contributed by atoms with Gasteiger partial charge in [-0.1, -0.05) is 47.5 Å². The summed E-state index contributed by atoms with van der Waals surface area (Å²) < 4.78 is 0. The summed E-state index contributed by atoms with van der Waals surface area (Å²) in [7, 11) is 0. The number of aryl methyl sites for hydroxylation is 2. The molecule has 0 radical (unpaired) electrons. The van der Waals surface area contributed by atoms with Crippen molar-refractivity contribution < 1.29 is 0 Å². The topological polar surface area (TPSA) is 52.0 Å². The Kier molecular flexibility index (Phi) is 4.71. The maximum Gasteiger partial charge on any atom is 0.0506 e. The maximum absolute atomic E-state index is 6.26. The third kappa shape index (κ3) is 3.15. The maximum atomic E-state index is 6.26. The zero-order chi connectivity index (χ0) is 14.9. The van der Waals surface area contributed by atoms with Crippen molar-refractivity contribution in [2.45, 2.75) is 25.9 Å². The molecule has 0 aromatic heterocycles. The first-order valence-corrected chi connectivity index (χ1v) is 7.19. The van der Waals surface area contributed by atoms with Gasteiger partial charge in [0, 0.05) is 10.0 Å². The van der Waals surface area contributed by atoms with E-state index in [0.29, 0.717) is 10.0 Å². The summed E-state index contributed by atoms with van der Waals surface area (Å²) in [5, 5.41) is 1.27. The number of halogens is 2. The SMILES string of the molecule is Cc1ccc(C(N)C(N)c2ccc(C)cc2Cl)c(Cl)c1. The van der Waals surface area contributed by atoms with Gasteiger partial charge in [-0.2, -0.15) is 0 Å². The predicted molar refractivity (Wildman–Crippen MR) is 86.2 cm³/mol. The van der Waals surface area contributed by atoms with Gasteiger partial charge in [0.1, 0.15) is 0 Å². The molecule has 0 saturated carbocycles. The standard InChI is InChI=1S/C16H18Cl2N2/c1-9-3-5-11(13(17)7-9)15(19)16(20)12-6-4-10(2)8-14(12)18/h3-8,15-16H,19-20H2,1-2H3. The average molecular weight is 309 g/mol. The van der Waals surface area contributed by atoms with E-state index in [4.69, 9.17) is 34.7 Å². The molecular weight excluding hydrogens is 291 g/mol. The van der Waals surface area contributed by atoms with Crippen LogP contribution in [0.5, 0.6) is 0 Å². The largest absolute Gasteiger partial charge is 0.322 e. The van der Waals surface area contributed by atoms with Crippen molar-refractivity contribution in [2.24, 2.45) is 11.5 Å². The Hall–Kier alpha value is -1.06. The molecule has 106 valence electrons. The van der Waals surface area contributed by atoms with E-state index in [1.807, 2.05) is 50.2 Å². The summed E-state index contributed by atoms with van der Waals surface area (Å²) in [5.41, 5.74) is 16.4. The van der Waals surface area contributed by atoms with Gasteiger partial charge in [0.05, 0.1) is 12.1 Å². The summed E-state index contributed by atoms with van der Waals surface area (Å²) in [6.45, 7) is 3.97. The molecule has 0 aliphatic carbocycles. The van der Waals surface area contributed by atoms with Gasteiger partial charge in [-0.05, 0) is 48.2 Å². The molecule has 0 fully saturated rings. The van der Waals surface area contributed by atoms with Crippen LogP contribution < -0.4 is 11.5 Å². The Labute approximate surface area is 129 Å². The van der Waals surface area contributed by atoms with Gasteiger partial charge in [-0.15, -0.1) is 0 Å². The molecule has 0 heterocycles. The van der Waals surface area contributed by atoms with Crippen LogP contribution in [-0.2, 0) is 0 Å². The lowest BCUT2D eigenvalue weighted by molar-refractivity contribution is 0.574. The average Bonchev–Trinajstić information content (AvgIpc) is 2.37. The van der Waals surface area contributed by atoms with E-state index in [1.54, 1.807) is 0 Å².